The maximum absolute atomic E-state index is 14.6. The van der Waals surface area contributed by atoms with Gasteiger partial charge in [0.1, 0.15) is 29.2 Å². The molecule has 2 atom stereocenters. The van der Waals surface area contributed by atoms with Gasteiger partial charge in [-0.1, -0.05) is 81.1 Å². The van der Waals surface area contributed by atoms with E-state index < -0.39 is 0 Å². The van der Waals surface area contributed by atoms with Crippen LogP contribution >= 0.6 is 0 Å². The van der Waals surface area contributed by atoms with Crippen molar-refractivity contribution in [1.29, 1.82) is 0 Å². The lowest BCUT2D eigenvalue weighted by molar-refractivity contribution is -0.138. The largest absolute Gasteiger partial charge is 0.436 e. The molecule has 8 rings (SSSR count). The van der Waals surface area contributed by atoms with Gasteiger partial charge in [-0.2, -0.15) is 0 Å². The van der Waals surface area contributed by atoms with Crippen LogP contribution in [0.15, 0.2) is 114 Å². The Morgan fingerprint density at radius 1 is 0.776 bits per heavy atom. The molecule has 2 fully saturated rings. The van der Waals surface area contributed by atoms with Crippen molar-refractivity contribution in [1.82, 2.24) is 54.3 Å². The van der Waals surface area contributed by atoms with Gasteiger partial charge in [-0.05, 0) is 88.3 Å². The second kappa shape index (κ2) is 22.1. The first-order chi connectivity index (χ1) is 32.6. The Morgan fingerprint density at radius 2 is 1.46 bits per heavy atom. The highest BCUT2D eigenvalue weighted by Crippen LogP contribution is 2.32. The van der Waals surface area contributed by atoms with Crippen LogP contribution in [0, 0.1) is 0 Å². The topological polar surface area (TPSA) is 137 Å². The maximum atomic E-state index is 14.6. The third kappa shape index (κ3) is 11.2. The summed E-state index contributed by atoms with van der Waals surface area (Å²) in [5.41, 5.74) is 6.87. The molecule has 352 valence electrons. The Kier molecular flexibility index (Phi) is 15.6. The second-order valence-corrected chi connectivity index (χ2v) is 18.1. The lowest BCUT2D eigenvalue weighted by Crippen LogP contribution is -2.55. The number of imidazole rings is 2. The summed E-state index contributed by atoms with van der Waals surface area (Å²) < 4.78 is 6.48. The summed E-state index contributed by atoms with van der Waals surface area (Å²) in [5, 5.41) is 0. The predicted molar refractivity (Wildman–Crippen MR) is 267 cm³/mol. The minimum atomic E-state index is -0.373. The van der Waals surface area contributed by atoms with Crippen LogP contribution in [0.3, 0.4) is 0 Å². The average molecular weight is 906 g/mol. The van der Waals surface area contributed by atoms with Crippen molar-refractivity contribution in [3.63, 3.8) is 0 Å². The number of carbonyl (C=O) groups is 2. The molecule has 6 aromatic rings. The third-order valence-corrected chi connectivity index (χ3v) is 13.0. The number of aromatic amines is 2. The van der Waals surface area contributed by atoms with Crippen molar-refractivity contribution in [3.05, 3.63) is 127 Å². The van der Waals surface area contributed by atoms with E-state index in [2.05, 4.69) is 76.2 Å². The molecular formula is C53H67N11O3. The summed E-state index contributed by atoms with van der Waals surface area (Å²) in [5.74, 6) is 2.67. The van der Waals surface area contributed by atoms with Crippen molar-refractivity contribution in [2.75, 3.05) is 79.5 Å². The minimum absolute atomic E-state index is 0.0755. The van der Waals surface area contributed by atoms with Gasteiger partial charge in [0, 0.05) is 64.5 Å². The number of hydrogen-bond acceptors (Lipinski definition) is 10. The van der Waals surface area contributed by atoms with Crippen LogP contribution in [0.4, 0.5) is 0 Å². The number of hydrogen-bond donors (Lipinski definition) is 2. The molecule has 2 amide bonds. The second-order valence-electron chi connectivity index (χ2n) is 18.1. The molecule has 14 nitrogen and oxygen atoms in total. The lowest BCUT2D eigenvalue weighted by Gasteiger charge is -2.39. The molecule has 0 spiro atoms. The Hall–Kier alpha value is -6.19. The molecule has 0 aliphatic carbocycles. The fourth-order valence-corrected chi connectivity index (χ4v) is 9.50. The number of benzene rings is 3. The van der Waals surface area contributed by atoms with Crippen LogP contribution in [-0.2, 0) is 22.7 Å². The van der Waals surface area contributed by atoms with Crippen LogP contribution < -0.4 is 0 Å². The normalized spacial score (nSPS) is 17.0. The number of nitrogens with one attached hydrogen (secondary N) is 2. The van der Waals surface area contributed by atoms with Crippen LogP contribution in [0.2, 0.25) is 0 Å². The van der Waals surface area contributed by atoms with E-state index >= 15 is 0 Å². The van der Waals surface area contributed by atoms with Gasteiger partial charge in [-0.25, -0.2) is 15.0 Å². The number of oxazole rings is 1. The van der Waals surface area contributed by atoms with Gasteiger partial charge in [0.25, 0.3) is 0 Å². The van der Waals surface area contributed by atoms with Crippen LogP contribution in [-0.4, -0.2) is 152 Å². The highest BCUT2D eigenvalue weighted by atomic mass is 16.4. The molecular weight excluding hydrogens is 839 g/mol. The Bertz CT molecular complexity index is 2670. The van der Waals surface area contributed by atoms with Crippen molar-refractivity contribution in [3.8, 4) is 22.8 Å². The van der Waals surface area contributed by atoms with Gasteiger partial charge >= 0.3 is 0 Å². The molecule has 2 aliphatic rings. The van der Waals surface area contributed by atoms with E-state index in [1.807, 2.05) is 89.5 Å². The fraction of sp³-hybridized carbons (Fsp3) is 0.415. The summed E-state index contributed by atoms with van der Waals surface area (Å²) in [6.07, 6.45) is 12.0. The lowest BCUT2D eigenvalue weighted by atomic mass is 10.0. The summed E-state index contributed by atoms with van der Waals surface area (Å²) in [7, 11) is 4.28. The quantitative estimate of drug-likeness (QED) is 0.0819. The maximum Gasteiger partial charge on any atom is 0.244 e. The Morgan fingerprint density at radius 3 is 2.19 bits per heavy atom. The van der Waals surface area contributed by atoms with E-state index in [0.29, 0.717) is 43.7 Å². The highest BCUT2D eigenvalue weighted by Gasteiger charge is 2.34. The van der Waals surface area contributed by atoms with Crippen LogP contribution in [0.25, 0.3) is 44.8 Å². The first-order valence-corrected chi connectivity index (χ1v) is 24.0. The predicted octanol–water partition coefficient (Wildman–Crippen LogP) is 7.92. The molecule has 0 radical (unpaired) electrons. The molecule has 67 heavy (non-hydrogen) atoms. The van der Waals surface area contributed by atoms with Crippen molar-refractivity contribution in [2.45, 2.75) is 65.2 Å². The SMILES string of the molecule is C=C/C=C\C=C(/C)C(C(=O)N(CCC)Cc1nc2c(-c3ncc(-c4ccc5nc(CN(CCC)C(=O)C(c6ccccc6)N6CCCN(C)CC6)[nH]c5c4)o3)cccc2[nH]1)N1CCN(C)CC1. The van der Waals surface area contributed by atoms with Crippen molar-refractivity contribution < 1.29 is 14.0 Å². The zero-order chi connectivity index (χ0) is 46.9. The van der Waals surface area contributed by atoms with Gasteiger partial charge < -0.3 is 34.0 Å². The van der Waals surface area contributed by atoms with Gasteiger partial charge in [0.05, 0.1) is 41.4 Å². The van der Waals surface area contributed by atoms with E-state index in [0.717, 1.165) is 122 Å². The number of fused-ring (bicyclic) bond motifs is 2. The van der Waals surface area contributed by atoms with E-state index in [-0.39, 0.29) is 23.9 Å². The highest BCUT2D eigenvalue weighted by molar-refractivity contribution is 5.90. The molecule has 2 N–H and O–H groups in total. The number of H-pyrrole nitrogens is 2. The molecule has 0 bridgehead atoms. The van der Waals surface area contributed by atoms with E-state index in [9.17, 15) is 9.59 Å². The van der Waals surface area contributed by atoms with Crippen LogP contribution in [0.1, 0.15) is 63.3 Å². The number of likely N-dealkylation sites (N-methyl/N-ethyl adjacent to an activating group) is 2. The summed E-state index contributed by atoms with van der Waals surface area (Å²) in [6.45, 7) is 19.1. The van der Waals surface area contributed by atoms with E-state index in [4.69, 9.17) is 19.4 Å². The van der Waals surface area contributed by atoms with Crippen molar-refractivity contribution >= 4 is 33.9 Å². The summed E-state index contributed by atoms with van der Waals surface area (Å²) in [4.78, 5) is 64.1. The molecule has 2 saturated heterocycles. The number of allylic oxidation sites excluding steroid dienone is 4. The standard InChI is InChI=1S/C53H67N11O3/c1-7-10-12-17-38(4)49(62-32-29-60(6)30-33-62)52(65)63(24-8-2)37-47-56-43-21-15-20-41(48(43)58-47)51-54-35-45(67-51)40-22-23-42-44(34-40)57-46(55-42)36-64(25-9-3)53(66)50(39-18-13-11-14-19-39)61-27-16-26-59(5)28-31-61/h7,10-15,17-23,34-35,49-50H,1,8-9,16,24-33,36-37H2,2-6H3,(H,55,57)(H,56,58)/b12-10-,38-17+. The first kappa shape index (κ1) is 47.3. The smallest absolute Gasteiger partial charge is 0.244 e. The third-order valence-electron chi connectivity index (χ3n) is 13.0. The van der Waals surface area contributed by atoms with Crippen molar-refractivity contribution in [2.24, 2.45) is 0 Å². The Balaban J connectivity index is 1.00. The number of carbonyl (C=O) groups excluding carboxylic acids is 2. The zero-order valence-electron chi connectivity index (χ0n) is 40.0. The average Bonchev–Trinajstić information content (AvgIpc) is 4.06. The number of piperazine rings is 1. The molecule has 5 heterocycles. The zero-order valence-corrected chi connectivity index (χ0v) is 40.0. The van der Waals surface area contributed by atoms with Gasteiger partial charge in [0.15, 0.2) is 5.76 Å². The van der Waals surface area contributed by atoms with E-state index in [1.165, 1.54) is 0 Å². The van der Waals surface area contributed by atoms with Gasteiger partial charge in [0.2, 0.25) is 17.7 Å². The molecule has 3 aromatic heterocycles. The molecule has 2 unspecified atom stereocenters. The summed E-state index contributed by atoms with van der Waals surface area (Å²) >= 11 is 0. The Labute approximate surface area is 395 Å². The first-order valence-electron chi connectivity index (χ1n) is 24.0. The molecule has 0 saturated carbocycles. The molecule has 2 aliphatic heterocycles. The number of para-hydroxylation sites is 1. The summed E-state index contributed by atoms with van der Waals surface area (Å²) in [6, 6.07) is 21.4. The number of aromatic nitrogens is 5. The monoisotopic (exact) mass is 906 g/mol. The van der Waals surface area contributed by atoms with Gasteiger partial charge in [-0.15, -0.1) is 0 Å². The number of amides is 2. The molecule has 14 heteroatoms. The minimum Gasteiger partial charge on any atom is -0.436 e. The molecule has 3 aromatic carbocycles. The number of rotatable bonds is 18. The van der Waals surface area contributed by atoms with E-state index in [1.54, 1.807) is 12.3 Å². The number of nitrogens with zero attached hydrogens (tertiary/aromatic N) is 9. The fourth-order valence-electron chi connectivity index (χ4n) is 9.50. The van der Waals surface area contributed by atoms with Crippen LogP contribution in [0.5, 0.6) is 0 Å². The van der Waals surface area contributed by atoms with Gasteiger partial charge in [-0.3, -0.25) is 19.4 Å².